The number of pyridine rings is 1. The molecule has 0 aliphatic carbocycles. The number of hydrogen-bond acceptors (Lipinski definition) is 3. The number of rotatable bonds is 5. The molecule has 2 aromatic heterocycles. The molecule has 1 N–H and O–H groups in total. The fraction of sp³-hybridized carbons (Fsp3) is 0.385. The van der Waals surface area contributed by atoms with E-state index in [0.717, 1.165) is 17.8 Å². The molecule has 0 amide bonds. The van der Waals surface area contributed by atoms with Gasteiger partial charge in [0.15, 0.2) is 0 Å². The lowest BCUT2D eigenvalue weighted by Gasteiger charge is -2.07. The van der Waals surface area contributed by atoms with Crippen LogP contribution in [0.15, 0.2) is 35.5 Å². The van der Waals surface area contributed by atoms with Crippen molar-refractivity contribution >= 4 is 5.69 Å². The third-order valence-corrected chi connectivity index (χ3v) is 2.83. The molecule has 5 nitrogen and oxygen atoms in total. The molecule has 0 atom stereocenters. The SMILES string of the molecule is CCn1cc(CNc2ccc(=O)n(CC)c2)cn1. The Morgan fingerprint density at radius 2 is 2.06 bits per heavy atom. The fourth-order valence-electron chi connectivity index (χ4n) is 1.76. The van der Waals surface area contributed by atoms with E-state index in [4.69, 9.17) is 0 Å². The lowest BCUT2D eigenvalue weighted by Crippen LogP contribution is -2.17. The molecular formula is C13H18N4O. The summed E-state index contributed by atoms with van der Waals surface area (Å²) in [7, 11) is 0. The van der Waals surface area contributed by atoms with Gasteiger partial charge in [-0.3, -0.25) is 9.48 Å². The molecule has 0 aromatic carbocycles. The summed E-state index contributed by atoms with van der Waals surface area (Å²) in [5.41, 5.74) is 2.11. The zero-order valence-corrected chi connectivity index (χ0v) is 10.8. The summed E-state index contributed by atoms with van der Waals surface area (Å²) in [6, 6.07) is 3.39. The molecule has 96 valence electrons. The number of nitrogens with one attached hydrogen (secondary N) is 1. The van der Waals surface area contributed by atoms with E-state index in [1.165, 1.54) is 0 Å². The molecule has 0 bridgehead atoms. The molecule has 0 radical (unpaired) electrons. The van der Waals surface area contributed by atoms with Gasteiger partial charge in [0.25, 0.3) is 5.56 Å². The van der Waals surface area contributed by atoms with Crippen molar-refractivity contribution in [2.75, 3.05) is 5.32 Å². The van der Waals surface area contributed by atoms with E-state index in [2.05, 4.69) is 17.3 Å². The molecule has 2 rings (SSSR count). The van der Waals surface area contributed by atoms with E-state index in [1.54, 1.807) is 16.7 Å². The van der Waals surface area contributed by atoms with Crippen molar-refractivity contribution in [1.82, 2.24) is 14.3 Å². The maximum atomic E-state index is 11.4. The second-order valence-electron chi connectivity index (χ2n) is 4.10. The van der Waals surface area contributed by atoms with E-state index >= 15 is 0 Å². The highest BCUT2D eigenvalue weighted by Crippen LogP contribution is 2.06. The van der Waals surface area contributed by atoms with Crippen LogP contribution in [0.3, 0.4) is 0 Å². The first-order valence-electron chi connectivity index (χ1n) is 6.18. The Labute approximate surface area is 106 Å². The standard InChI is InChI=1S/C13H18N4O/c1-3-16-10-12(5-6-13(16)18)14-7-11-8-15-17(4-2)9-11/h5-6,8-10,14H,3-4,7H2,1-2H3. The zero-order chi connectivity index (χ0) is 13.0. The van der Waals surface area contributed by atoms with Crippen LogP contribution in [0, 0.1) is 0 Å². The third-order valence-electron chi connectivity index (χ3n) is 2.83. The highest BCUT2D eigenvalue weighted by molar-refractivity contribution is 5.40. The average Bonchev–Trinajstić information content (AvgIpc) is 2.86. The van der Waals surface area contributed by atoms with Crippen LogP contribution in [0.1, 0.15) is 19.4 Å². The van der Waals surface area contributed by atoms with Crippen LogP contribution in [0.2, 0.25) is 0 Å². The van der Waals surface area contributed by atoms with Gasteiger partial charge in [0.1, 0.15) is 0 Å². The largest absolute Gasteiger partial charge is 0.380 e. The normalized spacial score (nSPS) is 10.6. The Balaban J connectivity index is 2.03. The lowest BCUT2D eigenvalue weighted by atomic mass is 10.3. The van der Waals surface area contributed by atoms with Crippen LogP contribution in [-0.4, -0.2) is 14.3 Å². The van der Waals surface area contributed by atoms with E-state index in [0.29, 0.717) is 13.1 Å². The van der Waals surface area contributed by atoms with E-state index in [-0.39, 0.29) is 5.56 Å². The second kappa shape index (κ2) is 5.53. The molecule has 0 fully saturated rings. The smallest absolute Gasteiger partial charge is 0.250 e. The molecule has 0 aliphatic rings. The highest BCUT2D eigenvalue weighted by Gasteiger charge is 1.99. The maximum absolute atomic E-state index is 11.4. The molecule has 0 unspecified atom stereocenters. The van der Waals surface area contributed by atoms with Gasteiger partial charge >= 0.3 is 0 Å². The van der Waals surface area contributed by atoms with Gasteiger partial charge in [0.05, 0.1) is 11.9 Å². The molecule has 2 heterocycles. The van der Waals surface area contributed by atoms with Gasteiger partial charge in [-0.1, -0.05) is 0 Å². The average molecular weight is 246 g/mol. The summed E-state index contributed by atoms with van der Waals surface area (Å²) < 4.78 is 3.57. The Hall–Kier alpha value is -2.04. The predicted molar refractivity (Wildman–Crippen MR) is 71.6 cm³/mol. The van der Waals surface area contributed by atoms with Gasteiger partial charge < -0.3 is 9.88 Å². The quantitative estimate of drug-likeness (QED) is 0.873. The predicted octanol–water partition coefficient (Wildman–Crippen LogP) is 1.70. The first-order chi connectivity index (χ1) is 8.72. The summed E-state index contributed by atoms with van der Waals surface area (Å²) in [5.74, 6) is 0. The summed E-state index contributed by atoms with van der Waals surface area (Å²) in [5, 5.41) is 7.50. The minimum atomic E-state index is 0.0295. The van der Waals surface area contributed by atoms with Gasteiger partial charge in [-0.2, -0.15) is 5.10 Å². The fourth-order valence-corrected chi connectivity index (χ4v) is 1.76. The van der Waals surface area contributed by atoms with Crippen LogP contribution >= 0.6 is 0 Å². The molecule has 18 heavy (non-hydrogen) atoms. The number of aryl methyl sites for hydroxylation is 2. The molecular weight excluding hydrogens is 228 g/mol. The minimum Gasteiger partial charge on any atom is -0.380 e. The van der Waals surface area contributed by atoms with Gasteiger partial charge in [-0.05, 0) is 19.9 Å². The van der Waals surface area contributed by atoms with Crippen LogP contribution in [0.4, 0.5) is 5.69 Å². The Kier molecular flexibility index (Phi) is 3.82. The first-order valence-corrected chi connectivity index (χ1v) is 6.18. The van der Waals surface area contributed by atoms with Crippen LogP contribution in [0.5, 0.6) is 0 Å². The van der Waals surface area contributed by atoms with E-state index < -0.39 is 0 Å². The van der Waals surface area contributed by atoms with Crippen molar-refractivity contribution < 1.29 is 0 Å². The van der Waals surface area contributed by atoms with Crippen LogP contribution in [0.25, 0.3) is 0 Å². The molecule has 5 heteroatoms. The minimum absolute atomic E-state index is 0.0295. The first kappa shape index (κ1) is 12.4. The number of anilines is 1. The van der Waals surface area contributed by atoms with Gasteiger partial charge in [0.2, 0.25) is 0 Å². The lowest BCUT2D eigenvalue weighted by molar-refractivity contribution is 0.659. The van der Waals surface area contributed by atoms with Crippen molar-refractivity contribution in [2.45, 2.75) is 33.5 Å². The van der Waals surface area contributed by atoms with Gasteiger partial charge in [0, 0.05) is 43.7 Å². The number of hydrogen-bond donors (Lipinski definition) is 1. The van der Waals surface area contributed by atoms with Crippen molar-refractivity contribution in [3.63, 3.8) is 0 Å². The van der Waals surface area contributed by atoms with Crippen molar-refractivity contribution in [3.05, 3.63) is 46.6 Å². The van der Waals surface area contributed by atoms with Crippen LogP contribution < -0.4 is 10.9 Å². The molecule has 0 aliphatic heterocycles. The monoisotopic (exact) mass is 246 g/mol. The second-order valence-corrected chi connectivity index (χ2v) is 4.10. The summed E-state index contributed by atoms with van der Waals surface area (Å²) >= 11 is 0. The molecule has 0 saturated heterocycles. The summed E-state index contributed by atoms with van der Waals surface area (Å²) in [6.07, 6.45) is 5.71. The molecule has 2 aromatic rings. The molecule has 0 saturated carbocycles. The van der Waals surface area contributed by atoms with Crippen molar-refractivity contribution in [3.8, 4) is 0 Å². The Morgan fingerprint density at radius 1 is 1.22 bits per heavy atom. The van der Waals surface area contributed by atoms with E-state index in [1.807, 2.05) is 30.2 Å². The molecule has 0 spiro atoms. The highest BCUT2D eigenvalue weighted by atomic mass is 16.1. The zero-order valence-electron chi connectivity index (χ0n) is 10.8. The van der Waals surface area contributed by atoms with E-state index in [9.17, 15) is 4.79 Å². The topological polar surface area (TPSA) is 51.9 Å². The third kappa shape index (κ3) is 2.80. The number of aromatic nitrogens is 3. The van der Waals surface area contributed by atoms with Gasteiger partial charge in [-0.15, -0.1) is 0 Å². The van der Waals surface area contributed by atoms with Crippen molar-refractivity contribution in [1.29, 1.82) is 0 Å². The van der Waals surface area contributed by atoms with Crippen molar-refractivity contribution in [2.24, 2.45) is 0 Å². The Bertz CT molecular complexity index is 570. The maximum Gasteiger partial charge on any atom is 0.250 e. The summed E-state index contributed by atoms with van der Waals surface area (Å²) in [6.45, 7) is 6.28. The van der Waals surface area contributed by atoms with Crippen LogP contribution in [-0.2, 0) is 19.6 Å². The number of nitrogens with zero attached hydrogens (tertiary/aromatic N) is 3. The van der Waals surface area contributed by atoms with Gasteiger partial charge in [-0.25, -0.2) is 0 Å². The summed E-state index contributed by atoms with van der Waals surface area (Å²) in [4.78, 5) is 11.4. The Morgan fingerprint density at radius 3 is 2.72 bits per heavy atom.